The molecule has 4 aliphatic carbocycles. The van der Waals surface area contributed by atoms with E-state index >= 15 is 0 Å². The van der Waals surface area contributed by atoms with Crippen molar-refractivity contribution < 1.29 is 14.7 Å². The molecule has 1 heterocycles. The molecule has 0 unspecified atom stereocenters. The molecule has 0 atom stereocenters. The van der Waals surface area contributed by atoms with Crippen LogP contribution in [0.3, 0.4) is 0 Å². The summed E-state index contributed by atoms with van der Waals surface area (Å²) in [4.78, 5) is 29.2. The maximum absolute atomic E-state index is 13.1. The molecule has 1 aromatic carbocycles. The van der Waals surface area contributed by atoms with E-state index < -0.39 is 5.97 Å². The Morgan fingerprint density at radius 3 is 2.32 bits per heavy atom. The van der Waals surface area contributed by atoms with Gasteiger partial charge in [-0.25, -0.2) is 4.79 Å². The quantitative estimate of drug-likeness (QED) is 0.659. The fourth-order valence-corrected chi connectivity index (χ4v) is 6.87. The highest BCUT2D eigenvalue weighted by molar-refractivity contribution is 6.34. The van der Waals surface area contributed by atoms with Gasteiger partial charge in [-0.2, -0.15) is 0 Å². The van der Waals surface area contributed by atoms with Crippen LogP contribution in [-0.2, 0) is 0 Å². The van der Waals surface area contributed by atoms with Gasteiger partial charge in [0.05, 0.1) is 21.8 Å². The second-order valence-electron chi connectivity index (χ2n) is 9.95. The van der Waals surface area contributed by atoms with Crippen molar-refractivity contribution in [2.75, 3.05) is 6.54 Å². The molecule has 4 saturated carbocycles. The van der Waals surface area contributed by atoms with Crippen LogP contribution in [0.15, 0.2) is 30.3 Å². The first-order valence-corrected chi connectivity index (χ1v) is 11.5. The summed E-state index contributed by atoms with van der Waals surface area (Å²) in [5, 5.41) is 13.1. The van der Waals surface area contributed by atoms with Crippen molar-refractivity contribution in [1.82, 2.24) is 10.3 Å². The molecule has 0 spiro atoms. The van der Waals surface area contributed by atoms with Crippen LogP contribution in [0.4, 0.5) is 0 Å². The third-order valence-corrected chi connectivity index (χ3v) is 7.87. The molecule has 1 aromatic heterocycles. The number of halogens is 1. The van der Waals surface area contributed by atoms with Crippen LogP contribution in [0.25, 0.3) is 11.3 Å². The smallest absolute Gasteiger partial charge is 0.337 e. The average molecular weight is 439 g/mol. The van der Waals surface area contributed by atoms with Gasteiger partial charge in [0, 0.05) is 17.8 Å². The molecule has 0 aliphatic heterocycles. The number of carboxylic acid groups (broad SMARTS) is 1. The second-order valence-corrected chi connectivity index (χ2v) is 10.4. The first-order chi connectivity index (χ1) is 14.8. The Morgan fingerprint density at radius 1 is 1.06 bits per heavy atom. The molecule has 162 valence electrons. The molecule has 4 aliphatic rings. The van der Waals surface area contributed by atoms with Gasteiger partial charge in [0.25, 0.3) is 5.91 Å². The molecule has 6 rings (SSSR count). The van der Waals surface area contributed by atoms with Crippen molar-refractivity contribution >= 4 is 23.5 Å². The number of carbonyl (C=O) groups excluding carboxylic acids is 1. The van der Waals surface area contributed by atoms with Crippen molar-refractivity contribution in [2.24, 2.45) is 23.2 Å². The molecule has 6 heteroatoms. The molecular weight excluding hydrogens is 412 g/mol. The van der Waals surface area contributed by atoms with Crippen LogP contribution < -0.4 is 5.32 Å². The average Bonchev–Trinajstić information content (AvgIpc) is 2.71. The number of aromatic nitrogens is 1. The summed E-state index contributed by atoms with van der Waals surface area (Å²) in [5.74, 6) is 1.24. The predicted molar refractivity (Wildman–Crippen MR) is 119 cm³/mol. The molecule has 4 fully saturated rings. The summed E-state index contributed by atoms with van der Waals surface area (Å²) < 4.78 is 0. The number of amides is 1. The van der Waals surface area contributed by atoms with Crippen LogP contribution in [0.5, 0.6) is 0 Å². The van der Waals surface area contributed by atoms with Crippen LogP contribution in [0.1, 0.15) is 64.9 Å². The maximum Gasteiger partial charge on any atom is 0.337 e. The monoisotopic (exact) mass is 438 g/mol. The number of pyridine rings is 1. The zero-order valence-electron chi connectivity index (χ0n) is 17.7. The van der Waals surface area contributed by atoms with E-state index in [1.54, 1.807) is 30.3 Å². The highest BCUT2D eigenvalue weighted by Gasteiger charge is 2.50. The van der Waals surface area contributed by atoms with Gasteiger partial charge in [-0.05, 0) is 92.9 Å². The zero-order chi connectivity index (χ0) is 21.8. The lowest BCUT2D eigenvalue weighted by atomic mass is 9.49. The minimum absolute atomic E-state index is 0.104. The SMILES string of the molecule is Cc1ccc(C(=O)O)c(-c2ccc(Cl)c(C(=O)NCC34CC5CC(CC(C5)C3)C4)c2)n1. The molecule has 5 nitrogen and oxygen atoms in total. The van der Waals surface area contributed by atoms with E-state index in [1.165, 1.54) is 38.5 Å². The van der Waals surface area contributed by atoms with Gasteiger partial charge in [0.2, 0.25) is 0 Å². The minimum atomic E-state index is -1.05. The third-order valence-electron chi connectivity index (χ3n) is 7.54. The molecule has 1 amide bonds. The van der Waals surface area contributed by atoms with Gasteiger partial charge in [-0.15, -0.1) is 0 Å². The van der Waals surface area contributed by atoms with E-state index in [0.717, 1.165) is 17.8 Å². The normalized spacial score (nSPS) is 28.5. The highest BCUT2D eigenvalue weighted by atomic mass is 35.5. The largest absolute Gasteiger partial charge is 0.478 e. The fraction of sp³-hybridized carbons (Fsp3) is 0.480. The Hall–Kier alpha value is -2.40. The minimum Gasteiger partial charge on any atom is -0.478 e. The number of nitrogens with zero attached hydrogens (tertiary/aromatic N) is 1. The summed E-state index contributed by atoms with van der Waals surface area (Å²) >= 11 is 6.37. The third kappa shape index (κ3) is 3.84. The van der Waals surface area contributed by atoms with Crippen molar-refractivity contribution in [2.45, 2.75) is 45.4 Å². The van der Waals surface area contributed by atoms with Gasteiger partial charge < -0.3 is 10.4 Å². The lowest BCUT2D eigenvalue weighted by Crippen LogP contribution is -2.51. The Morgan fingerprint density at radius 2 is 1.71 bits per heavy atom. The van der Waals surface area contributed by atoms with E-state index in [0.29, 0.717) is 34.1 Å². The molecule has 0 radical (unpaired) electrons. The van der Waals surface area contributed by atoms with Crippen molar-refractivity contribution in [3.05, 3.63) is 52.2 Å². The predicted octanol–water partition coefficient (Wildman–Crippen LogP) is 5.35. The van der Waals surface area contributed by atoms with E-state index in [4.69, 9.17) is 11.6 Å². The maximum atomic E-state index is 13.1. The summed E-state index contributed by atoms with van der Waals surface area (Å²) in [6.07, 6.45) is 7.79. The number of nitrogens with one attached hydrogen (secondary N) is 1. The summed E-state index contributed by atoms with van der Waals surface area (Å²) in [5.41, 5.74) is 2.34. The Labute approximate surface area is 187 Å². The Bertz CT molecular complexity index is 1030. The number of aromatic carboxylic acids is 1. The number of hydrogen-bond acceptors (Lipinski definition) is 3. The fourth-order valence-electron chi connectivity index (χ4n) is 6.67. The number of aryl methyl sites for hydroxylation is 1. The number of benzene rings is 1. The lowest BCUT2D eigenvalue weighted by Gasteiger charge is -2.56. The van der Waals surface area contributed by atoms with Gasteiger partial charge in [-0.3, -0.25) is 9.78 Å². The van der Waals surface area contributed by atoms with Gasteiger partial charge >= 0.3 is 5.97 Å². The van der Waals surface area contributed by atoms with Gasteiger partial charge in [-0.1, -0.05) is 17.7 Å². The molecular formula is C25H27ClN2O3. The lowest BCUT2D eigenvalue weighted by molar-refractivity contribution is -0.0503. The number of hydrogen-bond donors (Lipinski definition) is 2. The van der Waals surface area contributed by atoms with E-state index in [-0.39, 0.29) is 16.9 Å². The first kappa shape index (κ1) is 20.5. The van der Waals surface area contributed by atoms with E-state index in [9.17, 15) is 14.7 Å². The van der Waals surface area contributed by atoms with Gasteiger partial charge in [0.1, 0.15) is 0 Å². The standard InChI is InChI=1S/C25H27ClN2O3/c1-14-2-4-19(24(30)31)22(28-14)18-3-5-21(26)20(9-18)23(29)27-13-25-10-15-6-16(11-25)8-17(7-15)12-25/h2-5,9,15-17H,6-8,10-13H2,1H3,(H,27,29)(H,30,31). The number of carboxylic acids is 1. The van der Waals surface area contributed by atoms with Crippen molar-refractivity contribution in [1.29, 1.82) is 0 Å². The highest BCUT2D eigenvalue weighted by Crippen LogP contribution is 2.59. The molecule has 2 aromatic rings. The Kier molecular flexibility index (Phi) is 5.04. The molecule has 0 saturated heterocycles. The summed E-state index contributed by atoms with van der Waals surface area (Å²) in [7, 11) is 0. The molecule has 2 N–H and O–H groups in total. The molecule has 4 bridgehead atoms. The second kappa shape index (κ2) is 7.63. The Balaban J connectivity index is 1.38. The zero-order valence-corrected chi connectivity index (χ0v) is 18.4. The van der Waals surface area contributed by atoms with E-state index in [1.807, 2.05) is 6.92 Å². The number of rotatable bonds is 5. The topological polar surface area (TPSA) is 79.3 Å². The van der Waals surface area contributed by atoms with Crippen LogP contribution in [0.2, 0.25) is 5.02 Å². The van der Waals surface area contributed by atoms with Crippen LogP contribution in [-0.4, -0.2) is 28.5 Å². The van der Waals surface area contributed by atoms with Crippen molar-refractivity contribution in [3.8, 4) is 11.3 Å². The van der Waals surface area contributed by atoms with E-state index in [2.05, 4.69) is 10.3 Å². The molecule has 31 heavy (non-hydrogen) atoms. The summed E-state index contributed by atoms with van der Waals surface area (Å²) in [6, 6.07) is 8.23. The van der Waals surface area contributed by atoms with Gasteiger partial charge in [0.15, 0.2) is 0 Å². The van der Waals surface area contributed by atoms with Crippen LogP contribution >= 0.6 is 11.6 Å². The summed E-state index contributed by atoms with van der Waals surface area (Å²) in [6.45, 7) is 2.50. The van der Waals surface area contributed by atoms with Crippen molar-refractivity contribution in [3.63, 3.8) is 0 Å². The number of carbonyl (C=O) groups is 2. The van der Waals surface area contributed by atoms with Crippen LogP contribution in [0, 0.1) is 30.1 Å². The first-order valence-electron chi connectivity index (χ1n) is 11.1.